The lowest BCUT2D eigenvalue weighted by atomic mass is 9.90. The van der Waals surface area contributed by atoms with Gasteiger partial charge >= 0.3 is 0 Å². The van der Waals surface area contributed by atoms with Crippen LogP contribution in [0.5, 0.6) is 0 Å². The monoisotopic (exact) mass is 262 g/mol. The third-order valence-corrected chi connectivity index (χ3v) is 3.94. The van der Waals surface area contributed by atoms with E-state index in [1.165, 1.54) is 22.5 Å². The van der Waals surface area contributed by atoms with E-state index in [1.807, 2.05) is 24.7 Å². The summed E-state index contributed by atoms with van der Waals surface area (Å²) >= 11 is 0. The molecule has 1 aliphatic heterocycles. The molecule has 0 fully saturated rings. The predicted molar refractivity (Wildman–Crippen MR) is 76.9 cm³/mol. The van der Waals surface area contributed by atoms with Crippen LogP contribution in [0.25, 0.3) is 5.69 Å². The Balaban J connectivity index is 1.94. The zero-order chi connectivity index (χ0) is 13.5. The van der Waals surface area contributed by atoms with Gasteiger partial charge in [0.25, 0.3) is 0 Å². The van der Waals surface area contributed by atoms with Gasteiger partial charge in [0.2, 0.25) is 0 Å². The Morgan fingerprint density at radius 2 is 2.00 bits per heavy atom. The van der Waals surface area contributed by atoms with Crippen molar-refractivity contribution in [3.05, 3.63) is 83.4 Å². The summed E-state index contributed by atoms with van der Waals surface area (Å²) in [7, 11) is 0. The summed E-state index contributed by atoms with van der Waals surface area (Å²) in [6.07, 6.45) is 3.79. The van der Waals surface area contributed by atoms with E-state index in [2.05, 4.69) is 45.9 Å². The molecule has 1 N–H and O–H groups in total. The summed E-state index contributed by atoms with van der Waals surface area (Å²) < 4.78 is 2.14. The molecule has 0 radical (unpaired) electrons. The molecule has 0 spiro atoms. The number of benzene rings is 2. The van der Waals surface area contributed by atoms with Gasteiger partial charge in [-0.25, -0.2) is 4.98 Å². The molecule has 0 saturated heterocycles. The van der Waals surface area contributed by atoms with Crippen LogP contribution >= 0.6 is 0 Å². The lowest BCUT2D eigenvalue weighted by molar-refractivity contribution is 0.281. The lowest BCUT2D eigenvalue weighted by Crippen LogP contribution is -2.00. The molecule has 0 bridgehead atoms. The van der Waals surface area contributed by atoms with Gasteiger partial charge in [-0.3, -0.25) is 0 Å². The Hall–Kier alpha value is -2.39. The van der Waals surface area contributed by atoms with Crippen LogP contribution in [0.3, 0.4) is 0 Å². The molecule has 1 unspecified atom stereocenters. The van der Waals surface area contributed by atoms with E-state index in [-0.39, 0.29) is 12.5 Å². The molecule has 4 rings (SSSR count). The second-order valence-corrected chi connectivity index (χ2v) is 5.08. The molecule has 98 valence electrons. The molecule has 20 heavy (non-hydrogen) atoms. The van der Waals surface area contributed by atoms with Gasteiger partial charge < -0.3 is 9.67 Å². The van der Waals surface area contributed by atoms with Crippen LogP contribution in [0.1, 0.15) is 28.3 Å². The molecule has 3 heteroatoms. The van der Waals surface area contributed by atoms with Crippen molar-refractivity contribution >= 4 is 0 Å². The molecule has 0 saturated carbocycles. The predicted octanol–water partition coefficient (Wildman–Crippen LogP) is 2.86. The number of imidazole rings is 1. The minimum absolute atomic E-state index is 0.0709. The zero-order valence-electron chi connectivity index (χ0n) is 10.9. The second-order valence-electron chi connectivity index (χ2n) is 5.08. The van der Waals surface area contributed by atoms with E-state index in [0.29, 0.717) is 0 Å². The van der Waals surface area contributed by atoms with Crippen LogP contribution in [-0.4, -0.2) is 14.7 Å². The van der Waals surface area contributed by atoms with Gasteiger partial charge in [-0.1, -0.05) is 42.5 Å². The fourth-order valence-electron chi connectivity index (χ4n) is 3.05. The minimum Gasteiger partial charge on any atom is -0.392 e. The molecular weight excluding hydrogens is 248 g/mol. The SMILES string of the molecule is OCc1cccc(C2c3ccccc3-n3cncc32)c1. The number of aromatic nitrogens is 2. The van der Waals surface area contributed by atoms with Crippen LogP contribution in [-0.2, 0) is 6.61 Å². The fraction of sp³-hybridized carbons (Fsp3) is 0.118. The highest BCUT2D eigenvalue weighted by Gasteiger charge is 2.29. The van der Waals surface area contributed by atoms with Crippen LogP contribution in [0.15, 0.2) is 61.1 Å². The second kappa shape index (κ2) is 4.32. The summed E-state index contributed by atoms with van der Waals surface area (Å²) in [5, 5.41) is 9.34. The fourth-order valence-corrected chi connectivity index (χ4v) is 3.05. The van der Waals surface area contributed by atoms with Gasteiger partial charge in [0.15, 0.2) is 0 Å². The number of fused-ring (bicyclic) bond motifs is 3. The third-order valence-electron chi connectivity index (χ3n) is 3.94. The molecule has 0 aliphatic carbocycles. The first-order valence-corrected chi connectivity index (χ1v) is 6.70. The van der Waals surface area contributed by atoms with Gasteiger partial charge in [-0.05, 0) is 22.8 Å². The van der Waals surface area contributed by atoms with Crippen molar-refractivity contribution in [2.45, 2.75) is 12.5 Å². The Bertz CT molecular complexity index is 776. The van der Waals surface area contributed by atoms with Crippen molar-refractivity contribution in [3.63, 3.8) is 0 Å². The number of aliphatic hydroxyl groups excluding tert-OH is 1. The van der Waals surface area contributed by atoms with Crippen LogP contribution in [0.2, 0.25) is 0 Å². The van der Waals surface area contributed by atoms with Gasteiger partial charge in [0.05, 0.1) is 30.2 Å². The van der Waals surface area contributed by atoms with E-state index in [0.717, 1.165) is 5.56 Å². The highest BCUT2D eigenvalue weighted by molar-refractivity contribution is 5.57. The number of rotatable bonds is 2. The topological polar surface area (TPSA) is 38.0 Å². The van der Waals surface area contributed by atoms with E-state index in [1.54, 1.807) is 0 Å². The van der Waals surface area contributed by atoms with Crippen LogP contribution in [0, 0.1) is 0 Å². The number of aliphatic hydroxyl groups is 1. The summed E-state index contributed by atoms with van der Waals surface area (Å²) in [5.74, 6) is 0.195. The molecule has 3 nitrogen and oxygen atoms in total. The first-order valence-electron chi connectivity index (χ1n) is 6.70. The smallest absolute Gasteiger partial charge is 0.0994 e. The van der Waals surface area contributed by atoms with Crippen molar-refractivity contribution in [1.82, 2.24) is 9.55 Å². The molecule has 1 atom stereocenters. The van der Waals surface area contributed by atoms with Gasteiger partial charge in [-0.2, -0.15) is 0 Å². The van der Waals surface area contributed by atoms with Gasteiger partial charge in [0, 0.05) is 6.20 Å². The molecule has 2 heterocycles. The average molecular weight is 262 g/mol. The Kier molecular flexibility index (Phi) is 2.47. The standard InChI is InChI=1S/C17H14N2O/c20-10-12-4-3-5-13(8-12)17-14-6-1-2-7-15(14)19-11-18-9-16(17)19/h1-9,11,17,20H,10H2. The highest BCUT2D eigenvalue weighted by atomic mass is 16.3. The average Bonchev–Trinajstić information content (AvgIpc) is 3.07. The largest absolute Gasteiger partial charge is 0.392 e. The van der Waals surface area contributed by atoms with E-state index in [9.17, 15) is 5.11 Å². The first-order chi connectivity index (χ1) is 9.88. The van der Waals surface area contributed by atoms with E-state index in [4.69, 9.17) is 0 Å². The minimum atomic E-state index is 0.0709. The quantitative estimate of drug-likeness (QED) is 0.603. The normalized spacial score (nSPS) is 15.9. The molecule has 1 aromatic heterocycles. The molecular formula is C17H14N2O. The highest BCUT2D eigenvalue weighted by Crippen LogP contribution is 2.41. The zero-order valence-corrected chi connectivity index (χ0v) is 10.9. The summed E-state index contributed by atoms with van der Waals surface area (Å²) in [5.41, 5.74) is 5.81. The number of nitrogens with zero attached hydrogens (tertiary/aromatic N) is 2. The maximum Gasteiger partial charge on any atom is 0.0994 e. The summed E-state index contributed by atoms with van der Waals surface area (Å²) in [6, 6.07) is 16.5. The lowest BCUT2D eigenvalue weighted by Gasteiger charge is -2.12. The van der Waals surface area contributed by atoms with Crippen LogP contribution in [0.4, 0.5) is 0 Å². The molecule has 3 aromatic rings. The first kappa shape index (κ1) is 11.4. The number of hydrogen-bond acceptors (Lipinski definition) is 2. The van der Waals surface area contributed by atoms with Crippen molar-refractivity contribution in [2.24, 2.45) is 0 Å². The van der Waals surface area contributed by atoms with Gasteiger partial charge in [-0.15, -0.1) is 0 Å². The Labute approximate surface area is 117 Å². The van der Waals surface area contributed by atoms with Crippen molar-refractivity contribution in [2.75, 3.05) is 0 Å². The van der Waals surface area contributed by atoms with E-state index >= 15 is 0 Å². The molecule has 2 aromatic carbocycles. The molecule has 0 amide bonds. The maximum absolute atomic E-state index is 9.34. The van der Waals surface area contributed by atoms with Crippen molar-refractivity contribution < 1.29 is 5.11 Å². The van der Waals surface area contributed by atoms with Crippen molar-refractivity contribution in [3.8, 4) is 5.69 Å². The Morgan fingerprint density at radius 3 is 2.90 bits per heavy atom. The van der Waals surface area contributed by atoms with E-state index < -0.39 is 0 Å². The summed E-state index contributed by atoms with van der Waals surface area (Å²) in [4.78, 5) is 4.27. The number of para-hydroxylation sites is 1. The van der Waals surface area contributed by atoms with Gasteiger partial charge in [0.1, 0.15) is 0 Å². The Morgan fingerprint density at radius 1 is 1.10 bits per heavy atom. The van der Waals surface area contributed by atoms with Crippen LogP contribution < -0.4 is 0 Å². The number of hydrogen-bond donors (Lipinski definition) is 1. The summed E-state index contributed by atoms with van der Waals surface area (Å²) in [6.45, 7) is 0.0709. The van der Waals surface area contributed by atoms with Crippen molar-refractivity contribution in [1.29, 1.82) is 0 Å². The molecule has 1 aliphatic rings. The maximum atomic E-state index is 9.34. The third kappa shape index (κ3) is 1.53.